The molecule has 8 heteroatoms. The quantitative estimate of drug-likeness (QED) is 0.894. The van der Waals surface area contributed by atoms with Crippen molar-refractivity contribution in [3.8, 4) is 0 Å². The minimum Gasteiger partial charge on any atom is -0.398 e. The fourth-order valence-corrected chi connectivity index (χ4v) is 2.89. The van der Waals surface area contributed by atoms with E-state index in [2.05, 4.69) is 25.6 Å². The topological polar surface area (TPSA) is 85.1 Å². The number of hydrogen-bond acceptors (Lipinski definition) is 4. The van der Waals surface area contributed by atoms with Gasteiger partial charge in [0.25, 0.3) is 10.0 Å². The van der Waals surface area contributed by atoms with Crippen molar-refractivity contribution in [3.63, 3.8) is 0 Å². The number of anilines is 2. The molecule has 0 bridgehead atoms. The highest BCUT2D eigenvalue weighted by molar-refractivity contribution is 9.10. The third-order valence-corrected chi connectivity index (χ3v) is 4.18. The molecule has 2 rings (SSSR count). The zero-order valence-electron chi connectivity index (χ0n) is 9.47. The van der Waals surface area contributed by atoms with Crippen LogP contribution in [0.15, 0.2) is 46.0 Å². The second-order valence-corrected chi connectivity index (χ2v) is 6.21. The number of hydrogen-bond donors (Lipinski definition) is 2. The number of rotatable bonds is 3. The van der Waals surface area contributed by atoms with Crippen LogP contribution in [0.25, 0.3) is 0 Å². The van der Waals surface area contributed by atoms with Gasteiger partial charge in [0.2, 0.25) is 0 Å². The molecule has 0 spiro atoms. The minimum absolute atomic E-state index is 0.0397. The van der Waals surface area contributed by atoms with Crippen LogP contribution < -0.4 is 10.5 Å². The highest BCUT2D eigenvalue weighted by Crippen LogP contribution is 2.24. The van der Waals surface area contributed by atoms with Crippen molar-refractivity contribution in [2.24, 2.45) is 0 Å². The summed E-state index contributed by atoms with van der Waals surface area (Å²) in [6, 6.07) is 5.28. The molecule has 0 atom stereocenters. The number of benzene rings is 1. The van der Waals surface area contributed by atoms with Crippen molar-refractivity contribution < 1.29 is 12.8 Å². The van der Waals surface area contributed by atoms with Crippen molar-refractivity contribution in [1.29, 1.82) is 0 Å². The van der Waals surface area contributed by atoms with Gasteiger partial charge in [0.05, 0.1) is 11.4 Å². The molecule has 0 aliphatic carbocycles. The Labute approximate surface area is 117 Å². The summed E-state index contributed by atoms with van der Waals surface area (Å²) in [5.41, 5.74) is 5.44. The second kappa shape index (κ2) is 5.14. The van der Waals surface area contributed by atoms with Crippen molar-refractivity contribution in [2.75, 3.05) is 10.5 Å². The zero-order chi connectivity index (χ0) is 14.0. The molecule has 0 unspecified atom stereocenters. The number of aromatic nitrogens is 1. The molecule has 19 heavy (non-hydrogen) atoms. The average molecular weight is 346 g/mol. The molecule has 1 heterocycles. The summed E-state index contributed by atoms with van der Waals surface area (Å²) in [6.45, 7) is 0. The summed E-state index contributed by atoms with van der Waals surface area (Å²) in [7, 11) is -3.98. The lowest BCUT2D eigenvalue weighted by Crippen LogP contribution is -2.16. The van der Waals surface area contributed by atoms with E-state index in [0.29, 0.717) is 4.47 Å². The SMILES string of the molecule is Nc1ccncc1S(=O)(=O)Nc1cc(Br)ccc1F. The standard InChI is InChI=1S/C11H9BrFN3O2S/c12-7-1-2-8(13)10(5-7)16-19(17,18)11-6-15-4-3-9(11)14/h1-6,16H,(H2,14,15). The Balaban J connectivity index is 2.43. The first-order valence-electron chi connectivity index (χ1n) is 5.07. The van der Waals surface area contributed by atoms with Gasteiger partial charge < -0.3 is 5.73 Å². The third-order valence-electron chi connectivity index (χ3n) is 2.28. The number of nitrogens with one attached hydrogen (secondary N) is 1. The highest BCUT2D eigenvalue weighted by Gasteiger charge is 2.19. The van der Waals surface area contributed by atoms with Crippen LogP contribution in [0.5, 0.6) is 0 Å². The Hall–Kier alpha value is -1.67. The number of sulfonamides is 1. The van der Waals surface area contributed by atoms with Gasteiger partial charge in [-0.3, -0.25) is 9.71 Å². The Bertz CT molecular complexity index is 722. The first-order chi connectivity index (χ1) is 8.90. The monoisotopic (exact) mass is 345 g/mol. The van der Waals surface area contributed by atoms with E-state index >= 15 is 0 Å². The van der Waals surface area contributed by atoms with Crippen LogP contribution in [-0.2, 0) is 10.0 Å². The molecular formula is C11H9BrFN3O2S. The van der Waals surface area contributed by atoms with Gasteiger partial charge in [-0.25, -0.2) is 12.8 Å². The van der Waals surface area contributed by atoms with Gasteiger partial charge in [0, 0.05) is 16.9 Å². The van der Waals surface area contributed by atoms with Crippen LogP contribution in [0.4, 0.5) is 15.8 Å². The van der Waals surface area contributed by atoms with Crippen molar-refractivity contribution in [2.45, 2.75) is 4.90 Å². The number of pyridine rings is 1. The fraction of sp³-hybridized carbons (Fsp3) is 0. The summed E-state index contributed by atoms with van der Waals surface area (Å²) >= 11 is 3.14. The molecule has 0 fully saturated rings. The fourth-order valence-electron chi connectivity index (χ4n) is 1.39. The van der Waals surface area contributed by atoms with E-state index in [1.54, 1.807) is 0 Å². The van der Waals surface area contributed by atoms with Crippen molar-refractivity contribution in [1.82, 2.24) is 4.98 Å². The first kappa shape index (κ1) is 13.8. The van der Waals surface area contributed by atoms with Gasteiger partial charge in [0.1, 0.15) is 10.7 Å². The Morgan fingerprint density at radius 3 is 2.74 bits per heavy atom. The number of nitrogens with zero attached hydrogens (tertiary/aromatic N) is 1. The Morgan fingerprint density at radius 2 is 2.05 bits per heavy atom. The Morgan fingerprint density at radius 1 is 1.32 bits per heavy atom. The molecule has 0 amide bonds. The van der Waals surface area contributed by atoms with Gasteiger partial charge in [-0.1, -0.05) is 15.9 Å². The summed E-state index contributed by atoms with van der Waals surface area (Å²) in [5.74, 6) is -0.686. The predicted octanol–water partition coefficient (Wildman–Crippen LogP) is 2.37. The average Bonchev–Trinajstić information content (AvgIpc) is 2.34. The van der Waals surface area contributed by atoms with Crippen LogP contribution in [0.1, 0.15) is 0 Å². The number of nitrogen functional groups attached to an aromatic ring is 1. The maximum Gasteiger partial charge on any atom is 0.265 e. The van der Waals surface area contributed by atoms with Crippen LogP contribution >= 0.6 is 15.9 Å². The van der Waals surface area contributed by atoms with Gasteiger partial charge in [-0.15, -0.1) is 0 Å². The number of nitrogens with two attached hydrogens (primary N) is 1. The lowest BCUT2D eigenvalue weighted by atomic mass is 10.3. The van der Waals surface area contributed by atoms with Gasteiger partial charge in [-0.2, -0.15) is 0 Å². The molecule has 0 aliphatic heterocycles. The molecule has 0 radical (unpaired) electrons. The van der Waals surface area contributed by atoms with Gasteiger partial charge in [-0.05, 0) is 24.3 Å². The van der Waals surface area contributed by atoms with E-state index in [1.165, 1.54) is 24.4 Å². The van der Waals surface area contributed by atoms with Crippen LogP contribution in [0, 0.1) is 5.82 Å². The summed E-state index contributed by atoms with van der Waals surface area (Å²) in [6.07, 6.45) is 2.47. The lowest BCUT2D eigenvalue weighted by Gasteiger charge is -2.10. The third kappa shape index (κ3) is 3.02. The van der Waals surface area contributed by atoms with Gasteiger partial charge in [0.15, 0.2) is 0 Å². The van der Waals surface area contributed by atoms with E-state index in [1.807, 2.05) is 0 Å². The Kier molecular flexibility index (Phi) is 3.72. The van der Waals surface area contributed by atoms with Crippen molar-refractivity contribution in [3.05, 3.63) is 46.9 Å². The molecular weight excluding hydrogens is 337 g/mol. The molecule has 1 aromatic heterocycles. The summed E-state index contributed by atoms with van der Waals surface area (Å²) < 4.78 is 40.3. The first-order valence-corrected chi connectivity index (χ1v) is 7.35. The van der Waals surface area contributed by atoms with Crippen LogP contribution in [0.3, 0.4) is 0 Å². The molecule has 1 aromatic carbocycles. The van der Waals surface area contributed by atoms with E-state index in [4.69, 9.17) is 5.73 Å². The second-order valence-electron chi connectivity index (χ2n) is 3.64. The molecule has 5 nitrogen and oxygen atoms in total. The van der Waals surface area contributed by atoms with E-state index in [9.17, 15) is 12.8 Å². The summed E-state index contributed by atoms with van der Waals surface area (Å²) in [4.78, 5) is 3.49. The zero-order valence-corrected chi connectivity index (χ0v) is 11.9. The van der Waals surface area contributed by atoms with Crippen LogP contribution in [0.2, 0.25) is 0 Å². The lowest BCUT2D eigenvalue weighted by molar-refractivity contribution is 0.598. The normalized spacial score (nSPS) is 11.3. The van der Waals surface area contributed by atoms with Crippen molar-refractivity contribution >= 4 is 37.3 Å². The molecule has 100 valence electrons. The van der Waals surface area contributed by atoms with E-state index in [0.717, 1.165) is 12.3 Å². The predicted molar refractivity (Wildman–Crippen MR) is 73.6 cm³/mol. The molecule has 0 saturated carbocycles. The van der Waals surface area contributed by atoms with Crippen LogP contribution in [-0.4, -0.2) is 13.4 Å². The van der Waals surface area contributed by atoms with E-state index in [-0.39, 0.29) is 16.3 Å². The minimum atomic E-state index is -3.98. The maximum absolute atomic E-state index is 13.5. The molecule has 3 N–H and O–H groups in total. The number of halogens is 2. The molecule has 2 aromatic rings. The van der Waals surface area contributed by atoms with E-state index < -0.39 is 15.8 Å². The summed E-state index contributed by atoms with van der Waals surface area (Å²) in [5, 5.41) is 0. The molecule has 0 aliphatic rings. The maximum atomic E-state index is 13.5. The largest absolute Gasteiger partial charge is 0.398 e. The van der Waals surface area contributed by atoms with Gasteiger partial charge >= 0.3 is 0 Å². The highest BCUT2D eigenvalue weighted by atomic mass is 79.9. The smallest absolute Gasteiger partial charge is 0.265 e. The molecule has 0 saturated heterocycles.